The van der Waals surface area contributed by atoms with E-state index < -0.39 is 5.97 Å². The number of carboxylic acid groups (broad SMARTS) is 1. The third-order valence-electron chi connectivity index (χ3n) is 4.17. The zero-order chi connectivity index (χ0) is 15.1. The molecule has 1 rings (SSSR count). The molecule has 1 saturated carbocycles. The largest absolute Gasteiger partial charge is 0.481 e. The number of carbonyl (C=O) groups is 2. The maximum atomic E-state index is 12.2. The van der Waals surface area contributed by atoms with Crippen molar-refractivity contribution in [3.63, 3.8) is 0 Å². The van der Waals surface area contributed by atoms with E-state index in [4.69, 9.17) is 5.11 Å². The van der Waals surface area contributed by atoms with E-state index in [9.17, 15) is 9.59 Å². The molecule has 0 radical (unpaired) electrons. The first-order chi connectivity index (χ1) is 9.40. The second-order valence-electron chi connectivity index (χ2n) is 6.17. The number of aliphatic carboxylic acids is 1. The van der Waals surface area contributed by atoms with Crippen LogP contribution in [0.2, 0.25) is 0 Å². The van der Waals surface area contributed by atoms with Gasteiger partial charge >= 0.3 is 12.0 Å². The third-order valence-corrected chi connectivity index (χ3v) is 4.17. The van der Waals surface area contributed by atoms with E-state index in [1.54, 1.807) is 0 Å². The summed E-state index contributed by atoms with van der Waals surface area (Å²) in [6.07, 6.45) is 6.08. The van der Waals surface area contributed by atoms with Crippen LogP contribution in [0, 0.1) is 5.92 Å². The average molecular weight is 284 g/mol. The van der Waals surface area contributed by atoms with Gasteiger partial charge in [0.15, 0.2) is 0 Å². The van der Waals surface area contributed by atoms with Gasteiger partial charge in [0.2, 0.25) is 0 Å². The van der Waals surface area contributed by atoms with Crippen LogP contribution < -0.4 is 5.32 Å². The number of hydrogen-bond donors (Lipinski definition) is 2. The zero-order valence-corrected chi connectivity index (χ0v) is 12.9. The van der Waals surface area contributed by atoms with Crippen molar-refractivity contribution in [3.05, 3.63) is 0 Å². The molecule has 0 aliphatic heterocycles. The Bertz CT molecular complexity index is 333. The van der Waals surface area contributed by atoms with Crippen LogP contribution in [0.3, 0.4) is 0 Å². The maximum absolute atomic E-state index is 12.2. The Morgan fingerprint density at radius 2 is 2.10 bits per heavy atom. The van der Waals surface area contributed by atoms with Crippen LogP contribution in [0.5, 0.6) is 0 Å². The fourth-order valence-corrected chi connectivity index (χ4v) is 2.86. The number of carboxylic acids is 1. The number of hydrogen-bond acceptors (Lipinski definition) is 2. The lowest BCUT2D eigenvalue weighted by Crippen LogP contribution is -2.47. The minimum atomic E-state index is -0.781. The molecule has 116 valence electrons. The van der Waals surface area contributed by atoms with Gasteiger partial charge in [-0.25, -0.2) is 4.79 Å². The van der Waals surface area contributed by atoms with Crippen molar-refractivity contribution in [2.75, 3.05) is 7.05 Å². The molecule has 0 aromatic rings. The zero-order valence-electron chi connectivity index (χ0n) is 12.9. The molecule has 0 saturated heterocycles. The Labute approximate surface area is 121 Å². The lowest BCUT2D eigenvalue weighted by atomic mass is 9.86. The molecule has 3 unspecified atom stereocenters. The van der Waals surface area contributed by atoms with Crippen LogP contribution in [0.4, 0.5) is 4.79 Å². The first kappa shape index (κ1) is 16.8. The Kier molecular flexibility index (Phi) is 6.82. The van der Waals surface area contributed by atoms with Crippen LogP contribution in [0.25, 0.3) is 0 Å². The van der Waals surface area contributed by atoms with Crippen molar-refractivity contribution in [1.29, 1.82) is 0 Å². The highest BCUT2D eigenvalue weighted by molar-refractivity contribution is 5.74. The van der Waals surface area contributed by atoms with E-state index in [-0.39, 0.29) is 18.5 Å². The summed E-state index contributed by atoms with van der Waals surface area (Å²) in [6.45, 7) is 4.17. The van der Waals surface area contributed by atoms with Crippen LogP contribution in [-0.4, -0.2) is 41.1 Å². The third kappa shape index (κ3) is 5.80. The first-order valence-electron chi connectivity index (χ1n) is 7.65. The van der Waals surface area contributed by atoms with Gasteiger partial charge in [0.25, 0.3) is 0 Å². The van der Waals surface area contributed by atoms with Crippen LogP contribution in [0.15, 0.2) is 0 Å². The number of carbonyl (C=O) groups excluding carboxylic acids is 1. The molecule has 2 N–H and O–H groups in total. The van der Waals surface area contributed by atoms with Gasteiger partial charge in [-0.3, -0.25) is 4.79 Å². The molecule has 2 amide bonds. The molecule has 3 atom stereocenters. The topological polar surface area (TPSA) is 69.6 Å². The van der Waals surface area contributed by atoms with E-state index in [0.29, 0.717) is 24.8 Å². The van der Waals surface area contributed by atoms with Gasteiger partial charge in [0, 0.05) is 25.6 Å². The molecule has 20 heavy (non-hydrogen) atoms. The second-order valence-corrected chi connectivity index (χ2v) is 6.17. The normalized spacial score (nSPS) is 23.9. The molecule has 0 heterocycles. The number of urea groups is 1. The summed E-state index contributed by atoms with van der Waals surface area (Å²) in [5.74, 6) is -0.0890. The van der Waals surface area contributed by atoms with E-state index in [1.807, 2.05) is 18.9 Å². The fraction of sp³-hybridized carbons (Fsp3) is 0.867. The van der Waals surface area contributed by atoms with Gasteiger partial charge in [-0.05, 0) is 38.5 Å². The molecule has 0 aromatic carbocycles. The summed E-state index contributed by atoms with van der Waals surface area (Å²) in [5.41, 5.74) is 0. The van der Waals surface area contributed by atoms with E-state index >= 15 is 0 Å². The van der Waals surface area contributed by atoms with Gasteiger partial charge < -0.3 is 15.3 Å². The number of amides is 2. The van der Waals surface area contributed by atoms with Gasteiger partial charge in [-0.2, -0.15) is 0 Å². The Hall–Kier alpha value is -1.26. The van der Waals surface area contributed by atoms with Gasteiger partial charge in [-0.1, -0.05) is 19.8 Å². The molecule has 5 nitrogen and oxygen atoms in total. The van der Waals surface area contributed by atoms with E-state index in [2.05, 4.69) is 12.2 Å². The minimum absolute atomic E-state index is 0.0188. The molecule has 0 spiro atoms. The predicted molar refractivity (Wildman–Crippen MR) is 78.7 cm³/mol. The van der Waals surface area contributed by atoms with Crippen molar-refractivity contribution in [1.82, 2.24) is 10.2 Å². The summed E-state index contributed by atoms with van der Waals surface area (Å²) in [7, 11) is 1.86. The average Bonchev–Trinajstić information content (AvgIpc) is 2.37. The summed E-state index contributed by atoms with van der Waals surface area (Å²) in [6, 6.07) is 0.321. The van der Waals surface area contributed by atoms with E-state index in [1.165, 1.54) is 12.8 Å². The highest BCUT2D eigenvalue weighted by Crippen LogP contribution is 2.26. The molecule has 0 aromatic heterocycles. The maximum Gasteiger partial charge on any atom is 0.317 e. The Morgan fingerprint density at radius 3 is 2.70 bits per heavy atom. The predicted octanol–water partition coefficient (Wildman–Crippen LogP) is 2.85. The number of rotatable bonds is 6. The first-order valence-corrected chi connectivity index (χ1v) is 7.65. The van der Waals surface area contributed by atoms with Crippen molar-refractivity contribution in [2.24, 2.45) is 5.92 Å². The lowest BCUT2D eigenvalue weighted by Gasteiger charge is -2.34. The van der Waals surface area contributed by atoms with Crippen LogP contribution in [0.1, 0.15) is 58.8 Å². The van der Waals surface area contributed by atoms with Crippen LogP contribution >= 0.6 is 0 Å². The van der Waals surface area contributed by atoms with Crippen LogP contribution in [-0.2, 0) is 4.79 Å². The summed E-state index contributed by atoms with van der Waals surface area (Å²) < 4.78 is 0. The van der Waals surface area contributed by atoms with Gasteiger partial charge in [0.1, 0.15) is 0 Å². The molecule has 1 aliphatic carbocycles. The summed E-state index contributed by atoms with van der Waals surface area (Å²) in [4.78, 5) is 24.4. The van der Waals surface area contributed by atoms with Crippen molar-refractivity contribution >= 4 is 12.0 Å². The SMILES string of the molecule is CC1CCCC(N(C)C(=O)NC(C)CCCC(=O)O)C1. The fourth-order valence-electron chi connectivity index (χ4n) is 2.86. The molecule has 5 heteroatoms. The smallest absolute Gasteiger partial charge is 0.317 e. The van der Waals surface area contributed by atoms with Gasteiger partial charge in [-0.15, -0.1) is 0 Å². The van der Waals surface area contributed by atoms with Crippen molar-refractivity contribution in [3.8, 4) is 0 Å². The van der Waals surface area contributed by atoms with Gasteiger partial charge in [0.05, 0.1) is 0 Å². The Morgan fingerprint density at radius 1 is 1.40 bits per heavy atom. The summed E-state index contributed by atoms with van der Waals surface area (Å²) >= 11 is 0. The molecular formula is C15H28N2O3. The highest BCUT2D eigenvalue weighted by Gasteiger charge is 2.25. The number of nitrogens with zero attached hydrogens (tertiary/aromatic N) is 1. The monoisotopic (exact) mass is 284 g/mol. The number of nitrogens with one attached hydrogen (secondary N) is 1. The standard InChI is InChI=1S/C15H28N2O3/c1-11-6-4-8-13(10-11)17(3)15(20)16-12(2)7-5-9-14(18)19/h11-13H,4-10H2,1-3H3,(H,16,20)(H,18,19). The van der Waals surface area contributed by atoms with Crippen molar-refractivity contribution in [2.45, 2.75) is 70.9 Å². The Balaban J connectivity index is 2.31. The molecule has 0 bridgehead atoms. The molecule has 1 aliphatic rings. The molecular weight excluding hydrogens is 256 g/mol. The highest BCUT2D eigenvalue weighted by atomic mass is 16.4. The minimum Gasteiger partial charge on any atom is -0.481 e. The van der Waals surface area contributed by atoms with E-state index in [0.717, 1.165) is 12.8 Å². The van der Waals surface area contributed by atoms with Crippen molar-refractivity contribution < 1.29 is 14.7 Å². The summed E-state index contributed by atoms with van der Waals surface area (Å²) in [5, 5.41) is 11.6. The lowest BCUT2D eigenvalue weighted by molar-refractivity contribution is -0.137. The molecule has 1 fully saturated rings. The quantitative estimate of drug-likeness (QED) is 0.788. The second kappa shape index (κ2) is 8.12.